The van der Waals surface area contributed by atoms with E-state index in [0.717, 1.165) is 12.8 Å². The van der Waals surface area contributed by atoms with Gasteiger partial charge >= 0.3 is 12.0 Å². The van der Waals surface area contributed by atoms with Crippen molar-refractivity contribution in [2.24, 2.45) is 11.1 Å². The van der Waals surface area contributed by atoms with Crippen molar-refractivity contribution in [3.8, 4) is 0 Å². The summed E-state index contributed by atoms with van der Waals surface area (Å²) in [5.74, 6) is -2.05. The summed E-state index contributed by atoms with van der Waals surface area (Å²) >= 11 is 0. The van der Waals surface area contributed by atoms with Crippen molar-refractivity contribution < 1.29 is 19.5 Å². The minimum absolute atomic E-state index is 0.139. The van der Waals surface area contributed by atoms with Crippen molar-refractivity contribution >= 4 is 17.9 Å². The van der Waals surface area contributed by atoms with Gasteiger partial charge in [-0.3, -0.25) is 4.79 Å². The molecular weight excluding hydrogens is 226 g/mol. The average molecular weight is 243 g/mol. The van der Waals surface area contributed by atoms with Crippen molar-refractivity contribution in [1.29, 1.82) is 0 Å². The molecule has 1 aliphatic carbocycles. The maximum atomic E-state index is 11.4. The van der Waals surface area contributed by atoms with Crippen LogP contribution in [-0.4, -0.2) is 35.6 Å². The van der Waals surface area contributed by atoms with E-state index in [4.69, 9.17) is 10.8 Å². The maximum absolute atomic E-state index is 11.4. The minimum Gasteiger partial charge on any atom is -0.480 e. The highest BCUT2D eigenvalue weighted by atomic mass is 16.4. The van der Waals surface area contributed by atoms with Crippen LogP contribution in [0.1, 0.15) is 26.2 Å². The van der Waals surface area contributed by atoms with E-state index in [9.17, 15) is 14.4 Å². The number of carbonyl (C=O) groups is 3. The molecule has 1 aliphatic rings. The highest BCUT2D eigenvalue weighted by Gasteiger charge is 2.37. The molecule has 0 saturated heterocycles. The lowest BCUT2D eigenvalue weighted by Gasteiger charge is -2.15. The van der Waals surface area contributed by atoms with Gasteiger partial charge in [0.1, 0.15) is 6.04 Å². The summed E-state index contributed by atoms with van der Waals surface area (Å²) < 4.78 is 0. The van der Waals surface area contributed by atoms with Gasteiger partial charge in [-0.05, 0) is 18.3 Å². The zero-order chi connectivity index (χ0) is 13.1. The number of hydrogen-bond acceptors (Lipinski definition) is 3. The predicted octanol–water partition coefficient (Wildman–Crippen LogP) is -0.586. The third kappa shape index (κ3) is 4.71. The smallest absolute Gasteiger partial charge is 0.326 e. The Morgan fingerprint density at radius 1 is 1.41 bits per heavy atom. The van der Waals surface area contributed by atoms with Gasteiger partial charge in [-0.2, -0.15) is 0 Å². The Morgan fingerprint density at radius 2 is 2.00 bits per heavy atom. The number of rotatable bonds is 6. The molecule has 0 bridgehead atoms. The van der Waals surface area contributed by atoms with E-state index in [0.29, 0.717) is 6.54 Å². The molecule has 0 radical (unpaired) electrons. The molecule has 0 aromatic carbocycles. The molecule has 1 atom stereocenters. The number of hydrogen-bond donors (Lipinski definition) is 4. The third-order valence-electron chi connectivity index (χ3n) is 2.79. The van der Waals surface area contributed by atoms with Crippen LogP contribution in [0.25, 0.3) is 0 Å². The van der Waals surface area contributed by atoms with Gasteiger partial charge in [0.15, 0.2) is 0 Å². The molecule has 0 aliphatic heterocycles. The number of carbonyl (C=O) groups excluding carboxylic acids is 2. The highest BCUT2D eigenvalue weighted by molar-refractivity contribution is 5.87. The molecular formula is C10H17N3O4. The molecule has 0 aromatic heterocycles. The van der Waals surface area contributed by atoms with Crippen LogP contribution < -0.4 is 16.4 Å². The SMILES string of the molecule is CC1(CNC(=O)NC(CC(N)=O)C(=O)O)CC1. The fourth-order valence-corrected chi connectivity index (χ4v) is 1.29. The molecule has 0 spiro atoms. The number of carboxylic acid groups (broad SMARTS) is 1. The van der Waals surface area contributed by atoms with E-state index in [1.165, 1.54) is 0 Å². The van der Waals surface area contributed by atoms with E-state index in [1.807, 2.05) is 6.92 Å². The highest BCUT2D eigenvalue weighted by Crippen LogP contribution is 2.43. The molecule has 5 N–H and O–H groups in total. The second-order valence-corrected chi connectivity index (χ2v) is 4.70. The molecule has 1 saturated carbocycles. The zero-order valence-electron chi connectivity index (χ0n) is 9.66. The molecule has 1 fully saturated rings. The van der Waals surface area contributed by atoms with E-state index in [2.05, 4.69) is 10.6 Å². The number of nitrogens with one attached hydrogen (secondary N) is 2. The van der Waals surface area contributed by atoms with Gasteiger partial charge in [-0.1, -0.05) is 6.92 Å². The summed E-state index contributed by atoms with van der Waals surface area (Å²) in [5.41, 5.74) is 5.02. The maximum Gasteiger partial charge on any atom is 0.326 e. The fourth-order valence-electron chi connectivity index (χ4n) is 1.29. The normalized spacial score (nSPS) is 17.9. The van der Waals surface area contributed by atoms with Crippen LogP contribution in [0.15, 0.2) is 0 Å². The molecule has 0 aromatic rings. The third-order valence-corrected chi connectivity index (χ3v) is 2.79. The van der Waals surface area contributed by atoms with Crippen molar-refractivity contribution in [1.82, 2.24) is 10.6 Å². The topological polar surface area (TPSA) is 122 Å². The van der Waals surface area contributed by atoms with Crippen molar-refractivity contribution in [2.75, 3.05) is 6.54 Å². The first-order valence-corrected chi connectivity index (χ1v) is 5.38. The lowest BCUT2D eigenvalue weighted by molar-refractivity contribution is -0.140. The van der Waals surface area contributed by atoms with Gasteiger partial charge in [0.2, 0.25) is 5.91 Å². The Morgan fingerprint density at radius 3 is 2.41 bits per heavy atom. The molecule has 1 unspecified atom stereocenters. The Bertz CT molecular complexity index is 338. The number of primary amides is 1. The first-order chi connectivity index (χ1) is 7.82. The number of aliphatic carboxylic acids is 1. The molecule has 7 nitrogen and oxygen atoms in total. The fraction of sp³-hybridized carbons (Fsp3) is 0.700. The lowest BCUT2D eigenvalue weighted by atomic mass is 10.1. The Hall–Kier alpha value is -1.79. The summed E-state index contributed by atoms with van der Waals surface area (Å²) in [5, 5.41) is 13.5. The van der Waals surface area contributed by atoms with Crippen LogP contribution in [-0.2, 0) is 9.59 Å². The molecule has 3 amide bonds. The first kappa shape index (κ1) is 13.3. The van der Waals surface area contributed by atoms with E-state index >= 15 is 0 Å². The summed E-state index contributed by atoms with van der Waals surface area (Å²) in [7, 11) is 0. The average Bonchev–Trinajstić information content (AvgIpc) is 2.93. The second-order valence-electron chi connectivity index (χ2n) is 4.70. The van der Waals surface area contributed by atoms with Gasteiger partial charge in [-0.25, -0.2) is 9.59 Å². The Balaban J connectivity index is 2.35. The molecule has 17 heavy (non-hydrogen) atoms. The van der Waals surface area contributed by atoms with Crippen LogP contribution in [0.4, 0.5) is 4.79 Å². The van der Waals surface area contributed by atoms with Crippen molar-refractivity contribution in [2.45, 2.75) is 32.2 Å². The number of amides is 3. The van der Waals surface area contributed by atoms with Crippen molar-refractivity contribution in [3.63, 3.8) is 0 Å². The number of nitrogens with two attached hydrogens (primary N) is 1. The monoisotopic (exact) mass is 243 g/mol. The molecule has 1 rings (SSSR count). The Labute approximate surface area is 98.7 Å². The first-order valence-electron chi connectivity index (χ1n) is 5.38. The van der Waals surface area contributed by atoms with E-state index in [-0.39, 0.29) is 5.41 Å². The van der Waals surface area contributed by atoms with Crippen LogP contribution in [0.5, 0.6) is 0 Å². The van der Waals surface area contributed by atoms with Crippen LogP contribution in [0, 0.1) is 5.41 Å². The summed E-state index contributed by atoms with van der Waals surface area (Å²) in [4.78, 5) is 32.7. The minimum atomic E-state index is -1.28. The summed E-state index contributed by atoms with van der Waals surface area (Å²) in [6.45, 7) is 2.53. The summed E-state index contributed by atoms with van der Waals surface area (Å²) in [6.07, 6.45) is 1.69. The lowest BCUT2D eigenvalue weighted by Crippen LogP contribution is -2.48. The summed E-state index contributed by atoms with van der Waals surface area (Å²) in [6, 6.07) is -1.87. The predicted molar refractivity (Wildman–Crippen MR) is 59.1 cm³/mol. The van der Waals surface area contributed by atoms with Crippen LogP contribution >= 0.6 is 0 Å². The molecule has 0 heterocycles. The van der Waals surface area contributed by atoms with E-state index in [1.54, 1.807) is 0 Å². The zero-order valence-corrected chi connectivity index (χ0v) is 9.66. The van der Waals surface area contributed by atoms with E-state index < -0.39 is 30.4 Å². The van der Waals surface area contributed by atoms with Crippen molar-refractivity contribution in [3.05, 3.63) is 0 Å². The molecule has 96 valence electrons. The van der Waals surface area contributed by atoms with Gasteiger partial charge in [-0.15, -0.1) is 0 Å². The second kappa shape index (κ2) is 5.03. The van der Waals surface area contributed by atoms with Crippen LogP contribution in [0.3, 0.4) is 0 Å². The van der Waals surface area contributed by atoms with Gasteiger partial charge < -0.3 is 21.5 Å². The number of urea groups is 1. The molecule has 7 heteroatoms. The number of carboxylic acids is 1. The Kier molecular flexibility index (Phi) is 3.93. The van der Waals surface area contributed by atoms with Gasteiger partial charge in [0.05, 0.1) is 6.42 Å². The largest absolute Gasteiger partial charge is 0.480 e. The van der Waals surface area contributed by atoms with Gasteiger partial charge in [0, 0.05) is 6.54 Å². The standard InChI is InChI=1S/C10H17N3O4/c1-10(2-3-10)5-12-9(17)13-6(8(15)16)4-7(11)14/h6H,2-5H2,1H3,(H2,11,14)(H,15,16)(H2,12,13,17). The van der Waals surface area contributed by atoms with Gasteiger partial charge in [0.25, 0.3) is 0 Å². The van der Waals surface area contributed by atoms with Crippen LogP contribution in [0.2, 0.25) is 0 Å². The quantitative estimate of drug-likeness (QED) is 0.498.